The van der Waals surface area contributed by atoms with E-state index in [0.717, 1.165) is 30.8 Å². The number of hydrogen-bond donors (Lipinski definition) is 1. The van der Waals surface area contributed by atoms with Gasteiger partial charge in [-0.25, -0.2) is 4.79 Å². The molecule has 5 heteroatoms. The molecule has 1 N–H and O–H groups in total. The first-order valence-electron chi connectivity index (χ1n) is 9.56. The van der Waals surface area contributed by atoms with E-state index >= 15 is 0 Å². The van der Waals surface area contributed by atoms with E-state index in [2.05, 4.69) is 29.2 Å². The van der Waals surface area contributed by atoms with Gasteiger partial charge in [-0.15, -0.1) is 0 Å². The van der Waals surface area contributed by atoms with Gasteiger partial charge < -0.3 is 19.5 Å². The van der Waals surface area contributed by atoms with Crippen LogP contribution in [-0.2, 0) is 22.4 Å². The van der Waals surface area contributed by atoms with E-state index < -0.39 is 12.1 Å². The summed E-state index contributed by atoms with van der Waals surface area (Å²) >= 11 is 0. The van der Waals surface area contributed by atoms with Gasteiger partial charge in [0.15, 0.2) is 6.10 Å². The van der Waals surface area contributed by atoms with Crippen LogP contribution in [0.3, 0.4) is 0 Å². The number of aryl methyl sites for hydroxylation is 1. The number of fused-ring (bicyclic) bond motifs is 1. The quantitative estimate of drug-likeness (QED) is 0.732. The molecule has 1 aliphatic heterocycles. The van der Waals surface area contributed by atoms with Gasteiger partial charge in [0.25, 0.3) is 0 Å². The van der Waals surface area contributed by atoms with E-state index in [4.69, 9.17) is 9.47 Å². The van der Waals surface area contributed by atoms with E-state index in [0.29, 0.717) is 19.6 Å². The van der Waals surface area contributed by atoms with Gasteiger partial charge >= 0.3 is 5.97 Å². The molecule has 0 amide bonds. The van der Waals surface area contributed by atoms with Gasteiger partial charge in [0.2, 0.25) is 0 Å². The molecule has 0 spiro atoms. The zero-order valence-electron chi connectivity index (χ0n) is 15.8. The molecule has 5 nitrogen and oxygen atoms in total. The highest BCUT2D eigenvalue weighted by Crippen LogP contribution is 2.26. The van der Waals surface area contributed by atoms with Gasteiger partial charge in [0.05, 0.1) is 6.54 Å². The molecule has 1 aliphatic rings. The second-order valence-corrected chi connectivity index (χ2v) is 6.70. The van der Waals surface area contributed by atoms with Crippen LogP contribution in [0.25, 0.3) is 0 Å². The van der Waals surface area contributed by atoms with Crippen molar-refractivity contribution in [3.05, 3.63) is 59.7 Å². The number of hydrogen-bond acceptors (Lipinski definition) is 4. The lowest BCUT2D eigenvalue weighted by atomic mass is 10.0. The molecule has 0 fully saturated rings. The first-order chi connectivity index (χ1) is 13.2. The van der Waals surface area contributed by atoms with Crippen molar-refractivity contribution in [2.45, 2.75) is 32.3 Å². The highest BCUT2D eigenvalue weighted by Gasteiger charge is 2.18. The zero-order valence-corrected chi connectivity index (χ0v) is 15.8. The molecule has 0 saturated heterocycles. The molecule has 1 heterocycles. The molecule has 144 valence electrons. The third-order valence-electron chi connectivity index (χ3n) is 4.82. The average molecular weight is 369 g/mol. The summed E-state index contributed by atoms with van der Waals surface area (Å²) in [5.74, 6) is -0.133. The number of carbonyl (C=O) groups is 1. The number of carboxylic acids is 1. The smallest absolute Gasteiger partial charge is 0.333 e. The van der Waals surface area contributed by atoms with Crippen molar-refractivity contribution >= 4 is 11.7 Å². The van der Waals surface area contributed by atoms with Gasteiger partial charge in [0, 0.05) is 25.3 Å². The van der Waals surface area contributed by atoms with Gasteiger partial charge in [-0.3, -0.25) is 0 Å². The van der Waals surface area contributed by atoms with E-state index in [1.165, 1.54) is 17.7 Å². The van der Waals surface area contributed by atoms with Crippen LogP contribution in [0, 0.1) is 0 Å². The summed E-state index contributed by atoms with van der Waals surface area (Å²) in [4.78, 5) is 13.6. The van der Waals surface area contributed by atoms with Gasteiger partial charge in [-0.1, -0.05) is 30.3 Å². The molecular formula is C22H27NO4. The van der Waals surface area contributed by atoms with E-state index in [-0.39, 0.29) is 0 Å². The molecule has 3 rings (SSSR count). The lowest BCUT2D eigenvalue weighted by molar-refractivity contribution is -0.149. The molecule has 0 bridgehead atoms. The minimum absolute atomic E-state index is 0.355. The molecule has 0 unspecified atom stereocenters. The van der Waals surface area contributed by atoms with Crippen molar-refractivity contribution in [2.24, 2.45) is 0 Å². The minimum atomic E-state index is -0.931. The highest BCUT2D eigenvalue weighted by molar-refractivity contribution is 5.72. The van der Waals surface area contributed by atoms with Gasteiger partial charge in [0.1, 0.15) is 12.4 Å². The third-order valence-corrected chi connectivity index (χ3v) is 4.82. The van der Waals surface area contributed by atoms with Gasteiger partial charge in [-0.2, -0.15) is 0 Å². The minimum Gasteiger partial charge on any atom is -0.492 e. The Morgan fingerprint density at radius 2 is 1.96 bits per heavy atom. The number of carboxylic acid groups (broad SMARTS) is 1. The molecule has 2 aromatic rings. The number of para-hydroxylation sites is 1. The molecule has 2 aromatic carbocycles. The number of aliphatic carboxylic acids is 1. The summed E-state index contributed by atoms with van der Waals surface area (Å²) in [5.41, 5.74) is 3.65. The largest absolute Gasteiger partial charge is 0.492 e. The van der Waals surface area contributed by atoms with Crippen molar-refractivity contribution in [1.82, 2.24) is 0 Å². The second-order valence-electron chi connectivity index (χ2n) is 6.70. The summed E-state index contributed by atoms with van der Waals surface area (Å²) in [6.07, 6.45) is 1.87. The lowest BCUT2D eigenvalue weighted by Crippen LogP contribution is -2.33. The first kappa shape index (κ1) is 19.2. The molecular weight excluding hydrogens is 342 g/mol. The summed E-state index contributed by atoms with van der Waals surface area (Å²) < 4.78 is 11.2. The molecule has 0 aliphatic carbocycles. The molecule has 0 radical (unpaired) electrons. The maximum absolute atomic E-state index is 11.2. The first-order valence-corrected chi connectivity index (χ1v) is 9.56. The van der Waals surface area contributed by atoms with Crippen LogP contribution in [0.2, 0.25) is 0 Å². The van der Waals surface area contributed by atoms with Crippen LogP contribution in [0.5, 0.6) is 5.75 Å². The molecule has 1 atom stereocenters. The highest BCUT2D eigenvalue weighted by atomic mass is 16.5. The topological polar surface area (TPSA) is 59.0 Å². The number of anilines is 1. The standard InChI is InChI=1S/C22H27NO4/c1-2-26-21(22(24)25)16-17-9-11-19(12-10-17)27-15-14-23-13-5-7-18-6-3-4-8-20(18)23/h3-4,6,8-12,21H,2,5,7,13-16H2,1H3,(H,24,25)/t21-/m0/s1. The van der Waals surface area contributed by atoms with E-state index in [1.54, 1.807) is 6.92 Å². The van der Waals surface area contributed by atoms with Crippen molar-refractivity contribution in [3.8, 4) is 5.75 Å². The van der Waals surface area contributed by atoms with Crippen molar-refractivity contribution in [3.63, 3.8) is 0 Å². The van der Waals surface area contributed by atoms with Crippen LogP contribution < -0.4 is 9.64 Å². The Bertz CT molecular complexity index is 744. The Kier molecular flexibility index (Phi) is 6.71. The monoisotopic (exact) mass is 369 g/mol. The maximum Gasteiger partial charge on any atom is 0.333 e. The Balaban J connectivity index is 1.50. The SMILES string of the molecule is CCO[C@@H](Cc1ccc(OCCN2CCCc3ccccc32)cc1)C(=O)O. The van der Waals surface area contributed by atoms with Crippen molar-refractivity contribution < 1.29 is 19.4 Å². The normalized spacial score (nSPS) is 14.5. The summed E-state index contributed by atoms with van der Waals surface area (Å²) in [7, 11) is 0. The third kappa shape index (κ3) is 5.23. The fraction of sp³-hybridized carbons (Fsp3) is 0.409. The predicted molar refractivity (Wildman–Crippen MR) is 106 cm³/mol. The summed E-state index contributed by atoms with van der Waals surface area (Å²) in [6.45, 7) is 4.72. The predicted octanol–water partition coefficient (Wildman–Crippen LogP) is 3.55. The van der Waals surface area contributed by atoms with Crippen molar-refractivity contribution in [1.29, 1.82) is 0 Å². The molecule has 27 heavy (non-hydrogen) atoms. The Morgan fingerprint density at radius 1 is 1.19 bits per heavy atom. The molecule has 0 saturated carbocycles. The maximum atomic E-state index is 11.2. The van der Waals surface area contributed by atoms with Crippen LogP contribution in [0.1, 0.15) is 24.5 Å². The number of nitrogens with zero attached hydrogens (tertiary/aromatic N) is 1. The van der Waals surface area contributed by atoms with Gasteiger partial charge in [-0.05, 0) is 49.1 Å². The zero-order chi connectivity index (χ0) is 19.1. The summed E-state index contributed by atoms with van der Waals surface area (Å²) in [6, 6.07) is 16.2. The number of ether oxygens (including phenoxy) is 2. The Labute approximate surface area is 160 Å². The second kappa shape index (κ2) is 9.42. The summed E-state index contributed by atoms with van der Waals surface area (Å²) in [5, 5.41) is 9.18. The molecule has 0 aromatic heterocycles. The fourth-order valence-corrected chi connectivity index (χ4v) is 3.47. The van der Waals surface area contributed by atoms with Crippen LogP contribution in [-0.4, -0.2) is 43.5 Å². The average Bonchev–Trinajstić information content (AvgIpc) is 2.69. The fourth-order valence-electron chi connectivity index (χ4n) is 3.47. The van der Waals surface area contributed by atoms with Crippen molar-refractivity contribution in [2.75, 3.05) is 31.2 Å². The lowest BCUT2D eigenvalue weighted by Gasteiger charge is -2.31. The Hall–Kier alpha value is -2.53. The van der Waals surface area contributed by atoms with Crippen LogP contribution >= 0.6 is 0 Å². The Morgan fingerprint density at radius 3 is 2.70 bits per heavy atom. The van der Waals surface area contributed by atoms with Crippen LogP contribution in [0.4, 0.5) is 5.69 Å². The number of rotatable bonds is 9. The van der Waals surface area contributed by atoms with Crippen LogP contribution in [0.15, 0.2) is 48.5 Å². The van der Waals surface area contributed by atoms with E-state index in [1.807, 2.05) is 24.3 Å². The van der Waals surface area contributed by atoms with E-state index in [9.17, 15) is 9.90 Å². The number of benzene rings is 2.